The Morgan fingerprint density at radius 2 is 2.09 bits per heavy atom. The number of alkyl halides is 2. The highest BCUT2D eigenvalue weighted by atomic mass is 19.3. The van der Waals surface area contributed by atoms with Crippen LogP contribution < -0.4 is 5.32 Å². The van der Waals surface area contributed by atoms with Gasteiger partial charge < -0.3 is 5.32 Å². The van der Waals surface area contributed by atoms with Crippen LogP contribution in [0.1, 0.15) is 43.7 Å². The van der Waals surface area contributed by atoms with E-state index in [1.807, 2.05) is 30.4 Å². The molecular formula is C19H23F2NO. The topological polar surface area (TPSA) is 29.1 Å². The highest BCUT2D eigenvalue weighted by Crippen LogP contribution is 2.37. The second-order valence-electron chi connectivity index (χ2n) is 6.01. The van der Waals surface area contributed by atoms with Gasteiger partial charge in [0.15, 0.2) is 0 Å². The number of hydrogen-bond acceptors (Lipinski definition) is 1. The third-order valence-corrected chi connectivity index (χ3v) is 4.29. The quantitative estimate of drug-likeness (QED) is 0.741. The number of nitrogens with one attached hydrogen (secondary N) is 1. The normalized spacial score (nSPS) is 18.0. The molecule has 1 aliphatic rings. The van der Waals surface area contributed by atoms with Gasteiger partial charge >= 0.3 is 0 Å². The lowest BCUT2D eigenvalue weighted by Crippen LogP contribution is -2.23. The van der Waals surface area contributed by atoms with Gasteiger partial charge in [-0.2, -0.15) is 0 Å². The Bertz CT molecular complexity index is 597. The van der Waals surface area contributed by atoms with Crippen LogP contribution in [0.5, 0.6) is 0 Å². The van der Waals surface area contributed by atoms with E-state index >= 15 is 0 Å². The van der Waals surface area contributed by atoms with Crippen LogP contribution in [-0.2, 0) is 11.2 Å². The Balaban J connectivity index is 2.11. The average molecular weight is 319 g/mol. The molecule has 4 heteroatoms. The van der Waals surface area contributed by atoms with Gasteiger partial charge in [0.1, 0.15) is 0 Å². The SMILES string of the molecule is C=CC(=O)Nc1ccc(CC)c(/C=C/C2CCC(F)(F)CC2)c1. The van der Waals surface area contributed by atoms with Crippen molar-refractivity contribution in [2.24, 2.45) is 5.92 Å². The van der Waals surface area contributed by atoms with Gasteiger partial charge in [0, 0.05) is 18.5 Å². The summed E-state index contributed by atoms with van der Waals surface area (Å²) in [5.74, 6) is -2.54. The van der Waals surface area contributed by atoms with E-state index in [9.17, 15) is 13.6 Å². The lowest BCUT2D eigenvalue weighted by Gasteiger charge is -2.26. The number of rotatable bonds is 5. The molecule has 124 valence electrons. The standard InChI is InChI=1S/C19H23F2NO/c1-3-15-7-8-17(22-18(23)4-2)13-16(15)6-5-14-9-11-19(20,21)12-10-14/h4-8,13-14H,2-3,9-12H2,1H3,(H,22,23)/b6-5+. The van der Waals surface area contributed by atoms with Crippen LogP contribution in [0.3, 0.4) is 0 Å². The van der Waals surface area contributed by atoms with Gasteiger partial charge in [0.05, 0.1) is 0 Å². The van der Waals surface area contributed by atoms with Crippen LogP contribution in [0.15, 0.2) is 36.9 Å². The van der Waals surface area contributed by atoms with Gasteiger partial charge in [-0.05, 0) is 54.5 Å². The number of benzene rings is 1. The molecule has 1 aromatic carbocycles. The van der Waals surface area contributed by atoms with Crippen LogP contribution in [0, 0.1) is 5.92 Å². The van der Waals surface area contributed by atoms with Crippen LogP contribution in [0.25, 0.3) is 6.08 Å². The number of halogens is 2. The zero-order valence-corrected chi connectivity index (χ0v) is 13.4. The first-order valence-corrected chi connectivity index (χ1v) is 8.06. The Kier molecular flexibility index (Phi) is 5.69. The monoisotopic (exact) mass is 319 g/mol. The zero-order valence-electron chi connectivity index (χ0n) is 13.4. The van der Waals surface area contributed by atoms with Crippen molar-refractivity contribution >= 4 is 17.7 Å². The Morgan fingerprint density at radius 1 is 1.39 bits per heavy atom. The van der Waals surface area contributed by atoms with E-state index in [1.54, 1.807) is 0 Å². The highest BCUT2D eigenvalue weighted by molar-refractivity contribution is 5.99. The molecule has 0 aromatic heterocycles. The van der Waals surface area contributed by atoms with Gasteiger partial charge in [-0.3, -0.25) is 4.79 Å². The molecule has 0 bridgehead atoms. The van der Waals surface area contributed by atoms with Gasteiger partial charge in [0.2, 0.25) is 11.8 Å². The van der Waals surface area contributed by atoms with Gasteiger partial charge in [0.25, 0.3) is 0 Å². The second-order valence-corrected chi connectivity index (χ2v) is 6.01. The molecule has 0 heterocycles. The van der Waals surface area contributed by atoms with E-state index in [2.05, 4.69) is 18.8 Å². The zero-order chi connectivity index (χ0) is 16.9. The summed E-state index contributed by atoms with van der Waals surface area (Å²) < 4.78 is 26.4. The van der Waals surface area contributed by atoms with Crippen LogP contribution in [0.2, 0.25) is 0 Å². The van der Waals surface area contributed by atoms with Crippen molar-refractivity contribution in [3.05, 3.63) is 48.1 Å². The van der Waals surface area contributed by atoms with Crippen LogP contribution in [-0.4, -0.2) is 11.8 Å². The van der Waals surface area contributed by atoms with E-state index in [1.165, 1.54) is 11.6 Å². The first-order chi connectivity index (χ1) is 10.9. The Labute approximate surface area is 136 Å². The Hall–Kier alpha value is -1.97. The minimum absolute atomic E-state index is 0.0297. The first-order valence-electron chi connectivity index (χ1n) is 8.06. The lowest BCUT2D eigenvalue weighted by molar-refractivity contribution is -0.111. The predicted molar refractivity (Wildman–Crippen MR) is 90.6 cm³/mol. The first kappa shape index (κ1) is 17.4. The van der Waals surface area contributed by atoms with Gasteiger partial charge in [-0.15, -0.1) is 0 Å². The minimum Gasteiger partial charge on any atom is -0.323 e. The summed E-state index contributed by atoms with van der Waals surface area (Å²) in [4.78, 5) is 11.4. The second kappa shape index (κ2) is 7.53. The van der Waals surface area contributed by atoms with E-state index in [4.69, 9.17) is 0 Å². The highest BCUT2D eigenvalue weighted by Gasteiger charge is 2.33. The maximum atomic E-state index is 13.2. The summed E-state index contributed by atoms with van der Waals surface area (Å²) in [7, 11) is 0. The molecule has 1 aliphatic carbocycles. The van der Waals surface area contributed by atoms with Crippen molar-refractivity contribution in [1.29, 1.82) is 0 Å². The van der Waals surface area contributed by atoms with Crippen molar-refractivity contribution in [2.75, 3.05) is 5.32 Å². The summed E-state index contributed by atoms with van der Waals surface area (Å²) >= 11 is 0. The number of anilines is 1. The molecule has 2 nitrogen and oxygen atoms in total. The van der Waals surface area contributed by atoms with Crippen molar-refractivity contribution in [2.45, 2.75) is 45.0 Å². The fourth-order valence-corrected chi connectivity index (χ4v) is 2.84. The van der Waals surface area contributed by atoms with Crippen molar-refractivity contribution < 1.29 is 13.6 Å². The van der Waals surface area contributed by atoms with Crippen molar-refractivity contribution in [1.82, 2.24) is 0 Å². The molecular weight excluding hydrogens is 296 g/mol. The fraction of sp³-hybridized carbons (Fsp3) is 0.421. The number of hydrogen-bond donors (Lipinski definition) is 1. The Morgan fingerprint density at radius 3 is 2.70 bits per heavy atom. The largest absolute Gasteiger partial charge is 0.323 e. The summed E-state index contributed by atoms with van der Waals surface area (Å²) in [5, 5.41) is 2.74. The van der Waals surface area contributed by atoms with E-state index in [-0.39, 0.29) is 24.7 Å². The van der Waals surface area contributed by atoms with Crippen LogP contribution >= 0.6 is 0 Å². The lowest BCUT2D eigenvalue weighted by atomic mass is 9.86. The molecule has 23 heavy (non-hydrogen) atoms. The third-order valence-electron chi connectivity index (χ3n) is 4.29. The molecule has 1 aromatic rings. The molecule has 0 atom stereocenters. The summed E-state index contributed by atoms with van der Waals surface area (Å²) in [6, 6.07) is 5.75. The molecule has 0 saturated heterocycles. The maximum absolute atomic E-state index is 13.2. The van der Waals surface area contributed by atoms with Gasteiger partial charge in [-0.25, -0.2) is 8.78 Å². The number of aryl methyl sites for hydroxylation is 1. The molecule has 1 fully saturated rings. The minimum atomic E-state index is -2.49. The average Bonchev–Trinajstić information content (AvgIpc) is 2.54. The predicted octanol–water partition coefficient (Wildman–Crippen LogP) is 5.21. The van der Waals surface area contributed by atoms with Crippen molar-refractivity contribution in [3.63, 3.8) is 0 Å². The summed E-state index contributed by atoms with van der Waals surface area (Å²) in [5.41, 5.74) is 2.90. The maximum Gasteiger partial charge on any atom is 0.248 e. The molecule has 1 N–H and O–H groups in total. The number of allylic oxidation sites excluding steroid dienone is 1. The molecule has 0 unspecified atom stereocenters. The molecule has 2 rings (SSSR count). The summed E-state index contributed by atoms with van der Waals surface area (Å²) in [6.07, 6.45) is 7.12. The molecule has 1 saturated carbocycles. The fourth-order valence-electron chi connectivity index (χ4n) is 2.84. The van der Waals surface area contributed by atoms with Gasteiger partial charge in [-0.1, -0.05) is 31.7 Å². The van der Waals surface area contributed by atoms with E-state index in [0.717, 1.165) is 12.0 Å². The molecule has 0 spiro atoms. The van der Waals surface area contributed by atoms with E-state index in [0.29, 0.717) is 18.5 Å². The number of carbonyl (C=O) groups is 1. The molecule has 1 amide bonds. The number of amides is 1. The third kappa shape index (κ3) is 5.02. The summed E-state index contributed by atoms with van der Waals surface area (Å²) in [6.45, 7) is 5.50. The van der Waals surface area contributed by atoms with Crippen molar-refractivity contribution in [3.8, 4) is 0 Å². The molecule has 0 aliphatic heterocycles. The number of carbonyl (C=O) groups excluding carboxylic acids is 1. The van der Waals surface area contributed by atoms with E-state index < -0.39 is 5.92 Å². The molecule has 0 radical (unpaired) electrons. The smallest absolute Gasteiger partial charge is 0.248 e. The van der Waals surface area contributed by atoms with Crippen LogP contribution in [0.4, 0.5) is 14.5 Å².